The highest BCUT2D eigenvalue weighted by Gasteiger charge is 2.03. The van der Waals surface area contributed by atoms with Gasteiger partial charge in [0.25, 0.3) is 0 Å². The Morgan fingerprint density at radius 1 is 0.895 bits per heavy atom. The Bertz CT molecular complexity index is 684. The zero-order valence-corrected chi connectivity index (χ0v) is 10.2. The van der Waals surface area contributed by atoms with Gasteiger partial charge in [-0.3, -0.25) is 4.79 Å². The zero-order chi connectivity index (χ0) is 13.1. The molecule has 0 unspecified atom stereocenters. The average molecular weight is 248 g/mol. The molecule has 0 atom stereocenters. The van der Waals surface area contributed by atoms with E-state index in [1.54, 1.807) is 0 Å². The van der Waals surface area contributed by atoms with E-state index < -0.39 is 0 Å². The van der Waals surface area contributed by atoms with Crippen molar-refractivity contribution in [3.05, 3.63) is 72.6 Å². The topological polar surface area (TPSA) is 34.9 Å². The van der Waals surface area contributed by atoms with Crippen molar-refractivity contribution in [2.24, 2.45) is 0 Å². The van der Waals surface area contributed by atoms with Crippen molar-refractivity contribution in [1.82, 2.24) is 9.78 Å². The standard InChI is InChI=1S/C16H12N2O/c19-12-13-6-8-14(9-7-13)15-10-17-18(11-15)16-4-2-1-3-5-16/h1-12H. The highest BCUT2D eigenvalue weighted by Crippen LogP contribution is 2.20. The van der Waals surface area contributed by atoms with Crippen LogP contribution in [-0.2, 0) is 0 Å². The summed E-state index contributed by atoms with van der Waals surface area (Å²) in [6, 6.07) is 17.4. The van der Waals surface area contributed by atoms with Gasteiger partial charge in [0.2, 0.25) is 0 Å². The largest absolute Gasteiger partial charge is 0.298 e. The van der Waals surface area contributed by atoms with Crippen LogP contribution >= 0.6 is 0 Å². The maximum atomic E-state index is 10.6. The van der Waals surface area contributed by atoms with Crippen LogP contribution in [0.1, 0.15) is 10.4 Å². The van der Waals surface area contributed by atoms with Crippen molar-refractivity contribution >= 4 is 6.29 Å². The summed E-state index contributed by atoms with van der Waals surface area (Å²) in [5.41, 5.74) is 3.78. The maximum absolute atomic E-state index is 10.6. The Kier molecular flexibility index (Phi) is 2.94. The molecule has 0 radical (unpaired) electrons. The van der Waals surface area contributed by atoms with Gasteiger partial charge in [0.05, 0.1) is 11.9 Å². The molecule has 3 aromatic rings. The number of hydrogen-bond donors (Lipinski definition) is 0. The molecular weight excluding hydrogens is 236 g/mol. The van der Waals surface area contributed by atoms with E-state index >= 15 is 0 Å². The summed E-state index contributed by atoms with van der Waals surface area (Å²) in [4.78, 5) is 10.6. The van der Waals surface area contributed by atoms with E-state index in [4.69, 9.17) is 0 Å². The minimum absolute atomic E-state index is 0.680. The summed E-state index contributed by atoms with van der Waals surface area (Å²) >= 11 is 0. The molecule has 0 spiro atoms. The number of aromatic nitrogens is 2. The second-order valence-corrected chi connectivity index (χ2v) is 4.25. The minimum Gasteiger partial charge on any atom is -0.298 e. The molecule has 1 heterocycles. The molecule has 1 aromatic heterocycles. The number of hydrogen-bond acceptors (Lipinski definition) is 2. The van der Waals surface area contributed by atoms with E-state index in [2.05, 4.69) is 5.10 Å². The molecule has 2 aromatic carbocycles. The third-order valence-electron chi connectivity index (χ3n) is 2.98. The fraction of sp³-hybridized carbons (Fsp3) is 0. The van der Waals surface area contributed by atoms with Crippen LogP contribution in [0.25, 0.3) is 16.8 Å². The number of para-hydroxylation sites is 1. The Balaban J connectivity index is 1.94. The molecule has 19 heavy (non-hydrogen) atoms. The third kappa shape index (κ3) is 2.31. The van der Waals surface area contributed by atoms with Gasteiger partial charge in [-0.05, 0) is 17.7 Å². The van der Waals surface area contributed by atoms with Crippen molar-refractivity contribution in [2.75, 3.05) is 0 Å². The van der Waals surface area contributed by atoms with Crippen LogP contribution in [-0.4, -0.2) is 16.1 Å². The highest BCUT2D eigenvalue weighted by atomic mass is 16.1. The normalized spacial score (nSPS) is 10.3. The third-order valence-corrected chi connectivity index (χ3v) is 2.98. The summed E-state index contributed by atoms with van der Waals surface area (Å²) in [6.45, 7) is 0. The lowest BCUT2D eigenvalue weighted by Gasteiger charge is -1.99. The van der Waals surface area contributed by atoms with Crippen LogP contribution in [0.15, 0.2) is 67.0 Å². The summed E-state index contributed by atoms with van der Waals surface area (Å²) in [5.74, 6) is 0. The molecule has 0 aliphatic heterocycles. The second-order valence-electron chi connectivity index (χ2n) is 4.25. The van der Waals surface area contributed by atoms with Crippen molar-refractivity contribution < 1.29 is 4.79 Å². The number of nitrogens with zero attached hydrogens (tertiary/aromatic N) is 2. The van der Waals surface area contributed by atoms with E-state index in [1.807, 2.05) is 71.7 Å². The predicted octanol–water partition coefficient (Wildman–Crippen LogP) is 3.35. The molecule has 0 saturated carbocycles. The maximum Gasteiger partial charge on any atom is 0.150 e. The first-order chi connectivity index (χ1) is 9.36. The van der Waals surface area contributed by atoms with E-state index in [1.165, 1.54) is 0 Å². The van der Waals surface area contributed by atoms with Gasteiger partial charge in [0, 0.05) is 17.3 Å². The fourth-order valence-electron chi connectivity index (χ4n) is 1.95. The molecule has 0 fully saturated rings. The number of carbonyl (C=O) groups is 1. The van der Waals surface area contributed by atoms with Gasteiger partial charge in [-0.25, -0.2) is 4.68 Å². The molecule has 0 N–H and O–H groups in total. The lowest BCUT2D eigenvalue weighted by molar-refractivity contribution is 0.112. The molecule has 3 heteroatoms. The Morgan fingerprint density at radius 2 is 1.63 bits per heavy atom. The Labute approximate surface area is 111 Å². The fourth-order valence-corrected chi connectivity index (χ4v) is 1.95. The van der Waals surface area contributed by atoms with Gasteiger partial charge < -0.3 is 0 Å². The molecule has 3 rings (SSSR count). The van der Waals surface area contributed by atoms with Crippen LogP contribution in [0.5, 0.6) is 0 Å². The van der Waals surface area contributed by atoms with Crippen LogP contribution in [0, 0.1) is 0 Å². The highest BCUT2D eigenvalue weighted by molar-refractivity contribution is 5.76. The summed E-state index contributed by atoms with van der Waals surface area (Å²) in [7, 11) is 0. The molecule has 92 valence electrons. The lowest BCUT2D eigenvalue weighted by atomic mass is 10.1. The van der Waals surface area contributed by atoms with Gasteiger partial charge in [-0.2, -0.15) is 5.10 Å². The second kappa shape index (κ2) is 4.90. The monoisotopic (exact) mass is 248 g/mol. The van der Waals surface area contributed by atoms with Crippen molar-refractivity contribution in [3.63, 3.8) is 0 Å². The smallest absolute Gasteiger partial charge is 0.150 e. The van der Waals surface area contributed by atoms with E-state index in [9.17, 15) is 4.79 Å². The number of aldehydes is 1. The summed E-state index contributed by atoms with van der Waals surface area (Å²) in [6.07, 6.45) is 4.64. The summed E-state index contributed by atoms with van der Waals surface area (Å²) < 4.78 is 1.84. The Hall–Kier alpha value is -2.68. The SMILES string of the molecule is O=Cc1ccc(-c2cnn(-c3ccccc3)c2)cc1. The predicted molar refractivity (Wildman–Crippen MR) is 74.4 cm³/mol. The number of rotatable bonds is 3. The quantitative estimate of drug-likeness (QED) is 0.666. The van der Waals surface area contributed by atoms with Gasteiger partial charge in [0.1, 0.15) is 6.29 Å². The molecule has 3 nitrogen and oxygen atoms in total. The first-order valence-electron chi connectivity index (χ1n) is 6.02. The average Bonchev–Trinajstić information content (AvgIpc) is 2.98. The van der Waals surface area contributed by atoms with E-state index in [-0.39, 0.29) is 0 Å². The zero-order valence-electron chi connectivity index (χ0n) is 10.2. The number of carbonyl (C=O) groups excluding carboxylic acids is 1. The number of benzene rings is 2. The molecule has 0 aliphatic carbocycles. The van der Waals surface area contributed by atoms with Crippen LogP contribution in [0.2, 0.25) is 0 Å². The van der Waals surface area contributed by atoms with Crippen molar-refractivity contribution in [2.45, 2.75) is 0 Å². The molecule has 0 saturated heterocycles. The first kappa shape index (κ1) is 11.4. The van der Waals surface area contributed by atoms with Gasteiger partial charge in [0.15, 0.2) is 0 Å². The van der Waals surface area contributed by atoms with E-state index in [0.717, 1.165) is 23.1 Å². The van der Waals surface area contributed by atoms with Gasteiger partial charge in [-0.1, -0.05) is 42.5 Å². The van der Waals surface area contributed by atoms with Crippen molar-refractivity contribution in [3.8, 4) is 16.8 Å². The van der Waals surface area contributed by atoms with E-state index in [0.29, 0.717) is 5.56 Å². The van der Waals surface area contributed by atoms with Crippen LogP contribution < -0.4 is 0 Å². The van der Waals surface area contributed by atoms with Crippen molar-refractivity contribution in [1.29, 1.82) is 0 Å². The first-order valence-corrected chi connectivity index (χ1v) is 6.02. The molecular formula is C16H12N2O. The lowest BCUT2D eigenvalue weighted by Crippen LogP contribution is -1.92. The van der Waals surface area contributed by atoms with Gasteiger partial charge in [-0.15, -0.1) is 0 Å². The van der Waals surface area contributed by atoms with Gasteiger partial charge >= 0.3 is 0 Å². The van der Waals surface area contributed by atoms with Crippen LogP contribution in [0.3, 0.4) is 0 Å². The minimum atomic E-state index is 0.680. The molecule has 0 amide bonds. The summed E-state index contributed by atoms with van der Waals surface area (Å²) in [5, 5.41) is 4.35. The molecule has 0 bridgehead atoms. The molecule has 0 aliphatic rings. The van der Waals surface area contributed by atoms with Crippen LogP contribution in [0.4, 0.5) is 0 Å². The Morgan fingerprint density at radius 3 is 2.32 bits per heavy atom.